The van der Waals surface area contributed by atoms with Crippen LogP contribution >= 0.6 is 23.4 Å². The third kappa shape index (κ3) is 3.49. The summed E-state index contributed by atoms with van der Waals surface area (Å²) in [6.45, 7) is 2.07. The van der Waals surface area contributed by atoms with Crippen molar-refractivity contribution in [2.24, 2.45) is 0 Å². The lowest BCUT2D eigenvalue weighted by Crippen LogP contribution is -2.13. The summed E-state index contributed by atoms with van der Waals surface area (Å²) in [7, 11) is 0. The monoisotopic (exact) mass is 292 g/mol. The van der Waals surface area contributed by atoms with Gasteiger partial charge in [-0.25, -0.2) is 0 Å². The van der Waals surface area contributed by atoms with E-state index in [0.29, 0.717) is 10.6 Å². The minimum Gasteiger partial charge on any atom is -0.321 e. The van der Waals surface area contributed by atoms with Gasteiger partial charge in [-0.3, -0.25) is 9.78 Å². The highest BCUT2D eigenvalue weighted by Gasteiger charge is 2.11. The molecule has 1 aromatic carbocycles. The molecular formula is C14H13ClN2OS. The zero-order chi connectivity index (χ0) is 13.7. The summed E-state index contributed by atoms with van der Waals surface area (Å²) in [5.74, 6) is 0.722. The first-order chi connectivity index (χ1) is 9.22. The van der Waals surface area contributed by atoms with Gasteiger partial charge >= 0.3 is 0 Å². The van der Waals surface area contributed by atoms with Crippen LogP contribution in [0.15, 0.2) is 47.6 Å². The number of benzene rings is 1. The van der Waals surface area contributed by atoms with E-state index in [2.05, 4.69) is 17.2 Å². The summed E-state index contributed by atoms with van der Waals surface area (Å²) in [6, 6.07) is 9.31. The van der Waals surface area contributed by atoms with Gasteiger partial charge in [-0.05, 0) is 24.0 Å². The van der Waals surface area contributed by atoms with Gasteiger partial charge in [0.1, 0.15) is 0 Å². The predicted octanol–water partition coefficient (Wildman–Crippen LogP) is 4.10. The van der Waals surface area contributed by atoms with Crippen molar-refractivity contribution >= 4 is 35.0 Å². The zero-order valence-corrected chi connectivity index (χ0v) is 12.0. The SMILES string of the molecule is CCSc1ccccc1NC(=O)c1ccncc1Cl. The number of anilines is 1. The molecule has 2 rings (SSSR count). The number of nitrogens with one attached hydrogen (secondary N) is 1. The molecule has 1 heterocycles. The second-order valence-corrected chi connectivity index (χ2v) is 5.45. The average Bonchev–Trinajstić information content (AvgIpc) is 2.41. The molecule has 0 unspecified atom stereocenters. The van der Waals surface area contributed by atoms with Crippen molar-refractivity contribution < 1.29 is 4.79 Å². The molecule has 0 saturated heterocycles. The van der Waals surface area contributed by atoms with Gasteiger partial charge in [0.05, 0.1) is 16.3 Å². The van der Waals surface area contributed by atoms with Crippen LogP contribution in [0, 0.1) is 0 Å². The van der Waals surface area contributed by atoms with Crippen LogP contribution in [0.1, 0.15) is 17.3 Å². The lowest BCUT2D eigenvalue weighted by Gasteiger charge is -2.10. The highest BCUT2D eigenvalue weighted by Crippen LogP contribution is 2.27. The Balaban J connectivity index is 2.22. The number of thioether (sulfide) groups is 1. The van der Waals surface area contributed by atoms with E-state index in [1.165, 1.54) is 6.20 Å². The zero-order valence-electron chi connectivity index (χ0n) is 10.4. The van der Waals surface area contributed by atoms with Crippen LogP contribution < -0.4 is 5.32 Å². The molecule has 0 spiro atoms. The molecule has 0 fully saturated rings. The van der Waals surface area contributed by atoms with Crippen LogP contribution in [-0.2, 0) is 0 Å². The maximum atomic E-state index is 12.2. The Morgan fingerprint density at radius 3 is 2.89 bits per heavy atom. The molecule has 0 bridgehead atoms. The van der Waals surface area contributed by atoms with Crippen molar-refractivity contribution in [3.8, 4) is 0 Å². The van der Waals surface area contributed by atoms with Crippen molar-refractivity contribution in [3.05, 3.63) is 53.3 Å². The number of halogens is 1. The fourth-order valence-electron chi connectivity index (χ4n) is 1.60. The molecule has 0 aliphatic rings. The summed E-state index contributed by atoms with van der Waals surface area (Å²) in [6.07, 6.45) is 3.01. The molecule has 5 heteroatoms. The minimum absolute atomic E-state index is 0.225. The van der Waals surface area contributed by atoms with Gasteiger partial charge in [-0.2, -0.15) is 0 Å². The smallest absolute Gasteiger partial charge is 0.257 e. The molecule has 0 radical (unpaired) electrons. The molecule has 0 saturated carbocycles. The standard InChI is InChI=1S/C14H13ClN2OS/c1-2-19-13-6-4-3-5-12(13)17-14(18)10-7-8-16-9-11(10)15/h3-9H,2H2,1H3,(H,17,18). The quantitative estimate of drug-likeness (QED) is 0.863. The second kappa shape index (κ2) is 6.59. The maximum Gasteiger partial charge on any atom is 0.257 e. The first kappa shape index (κ1) is 13.9. The maximum absolute atomic E-state index is 12.2. The second-order valence-electron chi connectivity index (χ2n) is 3.74. The number of carbonyl (C=O) groups excluding carboxylic acids is 1. The third-order valence-electron chi connectivity index (χ3n) is 2.45. The van der Waals surface area contributed by atoms with Crippen LogP contribution in [0.2, 0.25) is 5.02 Å². The molecule has 19 heavy (non-hydrogen) atoms. The van der Waals surface area contributed by atoms with Crippen molar-refractivity contribution in [1.82, 2.24) is 4.98 Å². The number of pyridine rings is 1. The van der Waals surface area contributed by atoms with Crippen LogP contribution in [0.5, 0.6) is 0 Å². The van der Waals surface area contributed by atoms with E-state index >= 15 is 0 Å². The van der Waals surface area contributed by atoms with Crippen LogP contribution in [0.4, 0.5) is 5.69 Å². The molecule has 98 valence electrons. The lowest BCUT2D eigenvalue weighted by atomic mass is 10.2. The Morgan fingerprint density at radius 2 is 2.16 bits per heavy atom. The van der Waals surface area contributed by atoms with E-state index in [1.54, 1.807) is 24.0 Å². The molecule has 3 nitrogen and oxygen atoms in total. The van der Waals surface area contributed by atoms with E-state index in [0.717, 1.165) is 16.3 Å². The summed E-state index contributed by atoms with van der Waals surface area (Å²) in [5.41, 5.74) is 1.22. The fraction of sp³-hybridized carbons (Fsp3) is 0.143. The molecule has 2 aromatic rings. The molecule has 1 aromatic heterocycles. The Labute approximate surface area is 121 Å². The normalized spacial score (nSPS) is 10.2. The average molecular weight is 293 g/mol. The van der Waals surface area contributed by atoms with Gasteiger partial charge in [0.25, 0.3) is 5.91 Å². The summed E-state index contributed by atoms with van der Waals surface area (Å²) in [4.78, 5) is 17.1. The fourth-order valence-corrected chi connectivity index (χ4v) is 2.57. The topological polar surface area (TPSA) is 42.0 Å². The summed E-state index contributed by atoms with van der Waals surface area (Å²) < 4.78 is 0. The Kier molecular flexibility index (Phi) is 4.82. The number of para-hydroxylation sites is 1. The molecular weight excluding hydrogens is 280 g/mol. The number of nitrogens with zero attached hydrogens (tertiary/aromatic N) is 1. The van der Waals surface area contributed by atoms with E-state index in [9.17, 15) is 4.79 Å². The number of carbonyl (C=O) groups is 1. The predicted molar refractivity (Wildman–Crippen MR) is 80.0 cm³/mol. The Morgan fingerprint density at radius 1 is 1.37 bits per heavy atom. The Hall–Kier alpha value is -1.52. The highest BCUT2D eigenvalue weighted by atomic mass is 35.5. The van der Waals surface area contributed by atoms with E-state index in [1.807, 2.05) is 24.3 Å². The third-order valence-corrected chi connectivity index (χ3v) is 3.71. The highest BCUT2D eigenvalue weighted by molar-refractivity contribution is 7.99. The lowest BCUT2D eigenvalue weighted by molar-refractivity contribution is 0.102. The first-order valence-corrected chi connectivity index (χ1v) is 7.21. The number of aromatic nitrogens is 1. The van der Waals surface area contributed by atoms with Gasteiger partial charge in [0.15, 0.2) is 0 Å². The molecule has 1 amide bonds. The van der Waals surface area contributed by atoms with Crippen molar-refractivity contribution in [3.63, 3.8) is 0 Å². The van der Waals surface area contributed by atoms with Crippen LogP contribution in [0.3, 0.4) is 0 Å². The van der Waals surface area contributed by atoms with E-state index in [-0.39, 0.29) is 5.91 Å². The van der Waals surface area contributed by atoms with E-state index in [4.69, 9.17) is 11.6 Å². The van der Waals surface area contributed by atoms with Gasteiger partial charge < -0.3 is 5.32 Å². The number of rotatable bonds is 4. The van der Waals surface area contributed by atoms with Gasteiger partial charge in [0.2, 0.25) is 0 Å². The molecule has 0 aliphatic heterocycles. The van der Waals surface area contributed by atoms with E-state index < -0.39 is 0 Å². The summed E-state index contributed by atoms with van der Waals surface area (Å²) >= 11 is 7.64. The van der Waals surface area contributed by atoms with Crippen molar-refractivity contribution in [2.45, 2.75) is 11.8 Å². The van der Waals surface area contributed by atoms with Gasteiger partial charge in [-0.15, -0.1) is 11.8 Å². The summed E-state index contributed by atoms with van der Waals surface area (Å²) in [5, 5.41) is 3.23. The molecule has 1 N–H and O–H groups in total. The van der Waals surface area contributed by atoms with Crippen LogP contribution in [-0.4, -0.2) is 16.6 Å². The Bertz CT molecular complexity index is 589. The van der Waals surface area contributed by atoms with Gasteiger partial charge in [-0.1, -0.05) is 30.7 Å². The van der Waals surface area contributed by atoms with Crippen molar-refractivity contribution in [1.29, 1.82) is 0 Å². The molecule has 0 aliphatic carbocycles. The van der Waals surface area contributed by atoms with Crippen LogP contribution in [0.25, 0.3) is 0 Å². The number of hydrogen-bond donors (Lipinski definition) is 1. The first-order valence-electron chi connectivity index (χ1n) is 5.85. The largest absolute Gasteiger partial charge is 0.321 e. The minimum atomic E-state index is -0.225. The van der Waals surface area contributed by atoms with Gasteiger partial charge in [0, 0.05) is 17.3 Å². The number of hydrogen-bond acceptors (Lipinski definition) is 3. The van der Waals surface area contributed by atoms with Crippen molar-refractivity contribution in [2.75, 3.05) is 11.1 Å². The number of amides is 1. The molecule has 0 atom stereocenters.